The summed E-state index contributed by atoms with van der Waals surface area (Å²) < 4.78 is 19.4. The van der Waals surface area contributed by atoms with Gasteiger partial charge in [-0.15, -0.1) is 17.8 Å². The van der Waals surface area contributed by atoms with E-state index in [9.17, 15) is 9.18 Å². The molecule has 0 radical (unpaired) electrons. The van der Waals surface area contributed by atoms with Crippen LogP contribution in [0.4, 0.5) is 4.39 Å². The Bertz CT molecular complexity index is 853. The number of carbonyl (C=O) groups excluding carboxylic acids is 1. The van der Waals surface area contributed by atoms with Gasteiger partial charge in [0.15, 0.2) is 5.01 Å². The number of fused-ring (bicyclic) bond motifs is 3. The van der Waals surface area contributed by atoms with E-state index in [0.717, 1.165) is 4.88 Å². The summed E-state index contributed by atoms with van der Waals surface area (Å²) in [5.74, 6) is 1.64. The van der Waals surface area contributed by atoms with Crippen LogP contribution in [0.3, 0.4) is 0 Å². The maximum absolute atomic E-state index is 13.5. The van der Waals surface area contributed by atoms with Crippen molar-refractivity contribution in [1.29, 1.82) is 0 Å². The molecule has 1 amide bonds. The van der Waals surface area contributed by atoms with Crippen LogP contribution in [0.5, 0.6) is 5.75 Å². The molecule has 2 heterocycles. The Morgan fingerprint density at radius 2 is 2.20 bits per heavy atom. The molecule has 1 aliphatic heterocycles. The van der Waals surface area contributed by atoms with E-state index in [1.807, 2.05) is 0 Å². The zero-order valence-electron chi connectivity index (χ0n) is 13.6. The molecule has 1 aromatic carbocycles. The zero-order valence-corrected chi connectivity index (χ0v) is 16.0. The second kappa shape index (κ2) is 7.52. The summed E-state index contributed by atoms with van der Waals surface area (Å²) in [6, 6.07) is 2.93. The smallest absolute Gasteiger partial charge is 0.277 e. The summed E-state index contributed by atoms with van der Waals surface area (Å²) in [6.07, 6.45) is 5.42. The summed E-state index contributed by atoms with van der Waals surface area (Å²) in [5.41, 5.74) is 5.63. The van der Waals surface area contributed by atoms with Gasteiger partial charge in [-0.2, -0.15) is 0 Å². The number of amides is 1. The molecule has 0 saturated carbocycles. The molecule has 1 aromatic heterocycles. The monoisotopic (exact) mass is 426 g/mol. The minimum Gasteiger partial charge on any atom is -0.492 e. The fourth-order valence-corrected chi connectivity index (χ4v) is 3.18. The largest absolute Gasteiger partial charge is 0.492 e. The van der Waals surface area contributed by atoms with E-state index in [0.29, 0.717) is 34.5 Å². The van der Waals surface area contributed by atoms with Crippen molar-refractivity contribution >= 4 is 33.2 Å². The number of nitrogens with two attached hydrogens (primary N) is 1. The second-order valence-corrected chi connectivity index (χ2v) is 7.66. The lowest BCUT2D eigenvalue weighted by molar-refractivity contribution is 0.1000. The molecule has 1 aliphatic rings. The first kappa shape index (κ1) is 19.4. The molecule has 132 valence electrons. The molecule has 3 rings (SSSR count). The first-order valence-corrected chi connectivity index (χ1v) is 8.85. The molecule has 25 heavy (non-hydrogen) atoms. The quantitative estimate of drug-likeness (QED) is 0.685. The summed E-state index contributed by atoms with van der Waals surface area (Å²) in [7, 11) is 0. The Morgan fingerprint density at radius 1 is 1.56 bits per heavy atom. The molecule has 8 heteroatoms. The average molecular weight is 427 g/mol. The minimum absolute atomic E-state index is 0.262. The molecule has 0 unspecified atom stereocenters. The predicted octanol–water partition coefficient (Wildman–Crippen LogP) is 3.14. The van der Waals surface area contributed by atoms with Crippen LogP contribution in [-0.2, 0) is 6.42 Å². The Morgan fingerprint density at radius 3 is 2.76 bits per heavy atom. The van der Waals surface area contributed by atoms with Gasteiger partial charge >= 0.3 is 0 Å². The fourth-order valence-electron chi connectivity index (χ4n) is 1.92. The van der Waals surface area contributed by atoms with Crippen LogP contribution in [0.2, 0.25) is 0 Å². The van der Waals surface area contributed by atoms with E-state index in [1.54, 1.807) is 19.9 Å². The van der Waals surface area contributed by atoms with Gasteiger partial charge in [0.1, 0.15) is 17.2 Å². The number of rotatable bonds is 1. The standard InChI is InChI=1S/C12H8BrFN2O2S.C5H8O/c13-6-3-5-8(4-7(6)14)18-2-1-9-10(5)16-12(19-9)11(15)17;1-4-5(2,3)6/h3-4H,1-2H2,(H2,15,17);1,6H,2-3H3. The van der Waals surface area contributed by atoms with Crippen molar-refractivity contribution < 1.29 is 19.0 Å². The number of nitrogens with zero attached hydrogens (tertiary/aromatic N) is 1. The van der Waals surface area contributed by atoms with Gasteiger partial charge in [-0.05, 0) is 35.8 Å². The van der Waals surface area contributed by atoms with E-state index >= 15 is 0 Å². The van der Waals surface area contributed by atoms with Crippen molar-refractivity contribution in [2.24, 2.45) is 5.73 Å². The van der Waals surface area contributed by atoms with Gasteiger partial charge in [0.05, 0.1) is 16.8 Å². The summed E-state index contributed by atoms with van der Waals surface area (Å²) in [5, 5.41) is 8.85. The van der Waals surface area contributed by atoms with Gasteiger partial charge in [-0.3, -0.25) is 4.79 Å². The van der Waals surface area contributed by atoms with Crippen molar-refractivity contribution in [1.82, 2.24) is 4.98 Å². The fraction of sp³-hybridized carbons (Fsp3) is 0.294. The number of carbonyl (C=O) groups is 1. The number of aromatic nitrogens is 1. The molecular weight excluding hydrogens is 411 g/mol. The molecule has 0 atom stereocenters. The third-order valence-corrected chi connectivity index (χ3v) is 4.86. The second-order valence-electron chi connectivity index (χ2n) is 5.72. The van der Waals surface area contributed by atoms with Gasteiger partial charge in [-0.1, -0.05) is 5.92 Å². The highest BCUT2D eigenvalue weighted by atomic mass is 79.9. The highest BCUT2D eigenvalue weighted by molar-refractivity contribution is 9.10. The average Bonchev–Trinajstić information content (AvgIpc) is 2.88. The van der Waals surface area contributed by atoms with Gasteiger partial charge in [-0.25, -0.2) is 9.37 Å². The van der Waals surface area contributed by atoms with Gasteiger partial charge in [0, 0.05) is 22.9 Å². The van der Waals surface area contributed by atoms with E-state index in [-0.39, 0.29) is 5.01 Å². The Hall–Kier alpha value is -1.95. The molecule has 3 N–H and O–H groups in total. The van der Waals surface area contributed by atoms with Crippen LogP contribution < -0.4 is 10.5 Å². The molecule has 0 bridgehead atoms. The highest BCUT2D eigenvalue weighted by Gasteiger charge is 2.23. The minimum atomic E-state index is -0.931. The van der Waals surface area contributed by atoms with E-state index in [4.69, 9.17) is 22.0 Å². The van der Waals surface area contributed by atoms with Crippen molar-refractivity contribution in [2.45, 2.75) is 25.9 Å². The normalized spacial score (nSPS) is 12.5. The number of thiazole rings is 1. The first-order chi connectivity index (χ1) is 11.6. The van der Waals surface area contributed by atoms with Crippen LogP contribution in [0, 0.1) is 18.2 Å². The first-order valence-electron chi connectivity index (χ1n) is 7.24. The Kier molecular flexibility index (Phi) is 5.83. The molecule has 2 aromatic rings. The van der Waals surface area contributed by atoms with Crippen molar-refractivity contribution in [3.63, 3.8) is 0 Å². The molecule has 5 nitrogen and oxygen atoms in total. The van der Waals surface area contributed by atoms with Gasteiger partial charge in [0.2, 0.25) is 0 Å². The Balaban J connectivity index is 0.000000326. The number of terminal acetylenes is 1. The molecule has 0 saturated heterocycles. The maximum Gasteiger partial charge on any atom is 0.277 e. The molecule has 0 fully saturated rings. The maximum atomic E-state index is 13.5. The van der Waals surface area contributed by atoms with Crippen LogP contribution in [0.15, 0.2) is 16.6 Å². The van der Waals surface area contributed by atoms with Crippen LogP contribution in [0.25, 0.3) is 11.3 Å². The number of hydrogen-bond acceptors (Lipinski definition) is 5. The lowest BCUT2D eigenvalue weighted by atomic mass is 10.1. The van der Waals surface area contributed by atoms with E-state index < -0.39 is 17.3 Å². The zero-order chi connectivity index (χ0) is 18.8. The Labute approximate surface area is 157 Å². The predicted molar refractivity (Wildman–Crippen MR) is 98.1 cm³/mol. The third-order valence-electron chi connectivity index (χ3n) is 3.13. The topological polar surface area (TPSA) is 85.4 Å². The number of aliphatic hydroxyl groups is 1. The van der Waals surface area contributed by atoms with Crippen LogP contribution in [-0.4, -0.2) is 28.2 Å². The number of halogens is 2. The van der Waals surface area contributed by atoms with Crippen LogP contribution >= 0.6 is 27.3 Å². The van der Waals surface area contributed by atoms with E-state index in [1.165, 1.54) is 17.4 Å². The number of hydrogen-bond donors (Lipinski definition) is 2. The third kappa shape index (κ3) is 4.78. The number of primary amides is 1. The van der Waals surface area contributed by atoms with Gasteiger partial charge < -0.3 is 15.6 Å². The van der Waals surface area contributed by atoms with Crippen molar-refractivity contribution in [3.8, 4) is 29.4 Å². The SMILES string of the molecule is C#CC(C)(C)O.NC(=O)c1nc2c(s1)CCOc1cc(F)c(Br)cc1-2. The summed E-state index contributed by atoms with van der Waals surface area (Å²) in [6.45, 7) is 3.54. The summed E-state index contributed by atoms with van der Waals surface area (Å²) in [4.78, 5) is 16.4. The molecule has 0 spiro atoms. The lowest BCUT2D eigenvalue weighted by Gasteiger charge is -2.07. The van der Waals surface area contributed by atoms with E-state index in [2.05, 4.69) is 26.8 Å². The summed E-state index contributed by atoms with van der Waals surface area (Å²) >= 11 is 4.40. The van der Waals surface area contributed by atoms with Crippen molar-refractivity contribution in [3.05, 3.63) is 32.3 Å². The van der Waals surface area contributed by atoms with Gasteiger partial charge in [0.25, 0.3) is 5.91 Å². The number of ether oxygens (including phenoxy) is 1. The van der Waals surface area contributed by atoms with Crippen LogP contribution in [0.1, 0.15) is 28.5 Å². The lowest BCUT2D eigenvalue weighted by Crippen LogP contribution is -2.13. The highest BCUT2D eigenvalue weighted by Crippen LogP contribution is 2.39. The number of benzene rings is 1. The molecule has 0 aliphatic carbocycles. The molecular formula is C17H16BrFN2O3S. The van der Waals surface area contributed by atoms with Crippen molar-refractivity contribution in [2.75, 3.05) is 6.61 Å².